The van der Waals surface area contributed by atoms with E-state index >= 15 is 0 Å². The lowest BCUT2D eigenvalue weighted by Crippen LogP contribution is -2.39. The van der Waals surface area contributed by atoms with Crippen molar-refractivity contribution in [3.05, 3.63) is 120 Å². The van der Waals surface area contributed by atoms with Gasteiger partial charge in [-0.15, -0.1) is 0 Å². The van der Waals surface area contributed by atoms with Gasteiger partial charge in [0, 0.05) is 16.7 Å². The summed E-state index contributed by atoms with van der Waals surface area (Å²) in [5.41, 5.74) is 5.92. The van der Waals surface area contributed by atoms with E-state index in [-0.39, 0.29) is 17.4 Å². The zero-order chi connectivity index (χ0) is 23.2. The number of rotatable bonds is 3. The molecule has 1 atom stereocenters. The molecule has 6 heteroatoms. The molecule has 6 rings (SSSR count). The molecule has 0 amide bonds. The molecule has 0 fully saturated rings. The number of allylic oxidation sites excluding steroid dienone is 1. The Kier molecular flexibility index (Phi) is 4.96. The number of fused-ring (bicyclic) bond motifs is 3. The Morgan fingerprint density at radius 3 is 2.65 bits per heavy atom. The van der Waals surface area contributed by atoms with Crippen LogP contribution in [0.15, 0.2) is 88.2 Å². The van der Waals surface area contributed by atoms with Gasteiger partial charge in [0.25, 0.3) is 5.56 Å². The van der Waals surface area contributed by atoms with Crippen molar-refractivity contribution in [1.82, 2.24) is 4.57 Å². The fourth-order valence-corrected chi connectivity index (χ4v) is 5.93. The number of methoxy groups -OCH3 is 1. The molecule has 3 aromatic carbocycles. The first-order valence-electron chi connectivity index (χ1n) is 11.2. The predicted octanol–water partition coefficient (Wildman–Crippen LogP) is 4.03. The molecule has 1 aromatic heterocycles. The first-order valence-corrected chi connectivity index (χ1v) is 12.0. The van der Waals surface area contributed by atoms with Gasteiger partial charge in [0.15, 0.2) is 4.80 Å². The van der Waals surface area contributed by atoms with Gasteiger partial charge in [0.1, 0.15) is 11.5 Å². The molecule has 0 bridgehead atoms. The molecule has 2 aliphatic rings. The number of nitrogens with zero attached hydrogens (tertiary/aromatic N) is 2. The summed E-state index contributed by atoms with van der Waals surface area (Å²) in [6.45, 7) is 0. The number of benzene rings is 3. The second-order valence-electron chi connectivity index (χ2n) is 8.41. The van der Waals surface area contributed by atoms with Crippen molar-refractivity contribution >= 4 is 23.1 Å². The minimum absolute atomic E-state index is 0.117. The Balaban J connectivity index is 1.66. The molecule has 1 N–H and O–H groups in total. The van der Waals surface area contributed by atoms with Crippen LogP contribution < -0.4 is 19.6 Å². The Labute approximate surface area is 200 Å². The number of ether oxygens (including phenoxy) is 1. The summed E-state index contributed by atoms with van der Waals surface area (Å²) in [5.74, 6) is 0.887. The van der Waals surface area contributed by atoms with Crippen LogP contribution in [0.3, 0.4) is 0 Å². The van der Waals surface area contributed by atoms with Crippen molar-refractivity contribution < 1.29 is 9.84 Å². The standard InChI is InChI=1S/C28H22N2O3S/c1-33-23-13-7-5-11-20(23)26-21-15-14-17-8-2-4-10-19(17)25(21)29-28-30(26)27(32)24(34-28)16-18-9-3-6-12-22(18)31/h2-13,16,26,31H,14-15H2,1H3/b24-16-/t26-/m0/s1. The topological polar surface area (TPSA) is 63.8 Å². The number of aromatic nitrogens is 1. The lowest BCUT2D eigenvalue weighted by Gasteiger charge is -2.31. The molecule has 0 saturated heterocycles. The van der Waals surface area contributed by atoms with E-state index in [1.807, 2.05) is 36.4 Å². The number of phenols is 1. The number of aromatic hydroxyl groups is 1. The molecule has 0 spiro atoms. The monoisotopic (exact) mass is 466 g/mol. The van der Waals surface area contributed by atoms with Crippen LogP contribution in [0.4, 0.5) is 0 Å². The van der Waals surface area contributed by atoms with E-state index in [0.29, 0.717) is 14.9 Å². The lowest BCUT2D eigenvalue weighted by molar-refractivity contribution is 0.402. The maximum Gasteiger partial charge on any atom is 0.271 e. The summed E-state index contributed by atoms with van der Waals surface area (Å²) in [6, 6.07) is 23.0. The molecule has 0 radical (unpaired) electrons. The van der Waals surface area contributed by atoms with Crippen LogP contribution >= 0.6 is 11.3 Å². The number of phenolic OH excluding ortho intramolecular Hbond substituents is 1. The number of hydrogen-bond donors (Lipinski definition) is 1. The maximum absolute atomic E-state index is 13.8. The molecular formula is C28H22N2O3S. The Morgan fingerprint density at radius 1 is 1.03 bits per heavy atom. The van der Waals surface area contributed by atoms with E-state index in [1.165, 1.54) is 16.9 Å². The maximum atomic E-state index is 13.8. The molecule has 4 aromatic rings. The zero-order valence-electron chi connectivity index (χ0n) is 18.6. The van der Waals surface area contributed by atoms with Crippen LogP contribution in [0.1, 0.15) is 34.7 Å². The Morgan fingerprint density at radius 2 is 1.79 bits per heavy atom. The van der Waals surface area contributed by atoms with Gasteiger partial charge in [0.05, 0.1) is 23.4 Å². The highest BCUT2D eigenvalue weighted by molar-refractivity contribution is 7.07. The van der Waals surface area contributed by atoms with Crippen LogP contribution in [0.25, 0.3) is 11.8 Å². The van der Waals surface area contributed by atoms with Gasteiger partial charge in [-0.05, 0) is 42.2 Å². The third-order valence-corrected chi connectivity index (χ3v) is 7.51. The van der Waals surface area contributed by atoms with Crippen LogP contribution in [0.5, 0.6) is 11.5 Å². The van der Waals surface area contributed by atoms with Crippen molar-refractivity contribution in [3.63, 3.8) is 0 Å². The molecule has 1 aliphatic carbocycles. The number of para-hydroxylation sites is 2. The van der Waals surface area contributed by atoms with Gasteiger partial charge in [-0.3, -0.25) is 9.36 Å². The van der Waals surface area contributed by atoms with Crippen LogP contribution in [0.2, 0.25) is 0 Å². The fourth-order valence-electron chi connectivity index (χ4n) is 4.94. The highest BCUT2D eigenvalue weighted by Crippen LogP contribution is 2.43. The predicted molar refractivity (Wildman–Crippen MR) is 134 cm³/mol. The summed E-state index contributed by atoms with van der Waals surface area (Å²) < 4.78 is 8.04. The van der Waals surface area contributed by atoms with Crippen molar-refractivity contribution in [2.75, 3.05) is 7.11 Å². The van der Waals surface area contributed by atoms with Gasteiger partial charge in [-0.2, -0.15) is 0 Å². The van der Waals surface area contributed by atoms with Gasteiger partial charge in [-0.25, -0.2) is 4.99 Å². The number of aryl methyl sites for hydroxylation is 1. The summed E-state index contributed by atoms with van der Waals surface area (Å²) in [5, 5.41) is 10.3. The second-order valence-corrected chi connectivity index (χ2v) is 9.42. The van der Waals surface area contributed by atoms with Gasteiger partial charge < -0.3 is 9.84 Å². The van der Waals surface area contributed by atoms with Crippen LogP contribution in [-0.4, -0.2) is 16.8 Å². The molecule has 0 saturated carbocycles. The Bertz CT molecular complexity index is 1640. The van der Waals surface area contributed by atoms with Crippen LogP contribution in [0, 0.1) is 0 Å². The normalized spacial score (nSPS) is 17.0. The van der Waals surface area contributed by atoms with Crippen molar-refractivity contribution in [2.45, 2.75) is 18.9 Å². The summed E-state index contributed by atoms with van der Waals surface area (Å²) in [6.07, 6.45) is 3.47. The molecule has 0 unspecified atom stereocenters. The smallest absolute Gasteiger partial charge is 0.271 e. The molecule has 34 heavy (non-hydrogen) atoms. The lowest BCUT2D eigenvalue weighted by atomic mass is 9.83. The number of hydrogen-bond acceptors (Lipinski definition) is 5. The minimum atomic E-state index is -0.303. The highest BCUT2D eigenvalue weighted by Gasteiger charge is 2.33. The second kappa shape index (κ2) is 8.15. The average molecular weight is 467 g/mol. The summed E-state index contributed by atoms with van der Waals surface area (Å²) in [4.78, 5) is 19.4. The molecule has 168 valence electrons. The largest absolute Gasteiger partial charge is 0.507 e. The average Bonchev–Trinajstić information content (AvgIpc) is 3.18. The quantitative estimate of drug-likeness (QED) is 0.496. The first-order chi connectivity index (χ1) is 16.7. The molecular weight excluding hydrogens is 444 g/mol. The van der Waals surface area contributed by atoms with E-state index in [9.17, 15) is 9.90 Å². The third-order valence-electron chi connectivity index (χ3n) is 6.53. The van der Waals surface area contributed by atoms with Crippen molar-refractivity contribution in [3.8, 4) is 11.5 Å². The van der Waals surface area contributed by atoms with Crippen LogP contribution in [-0.2, 0) is 6.42 Å². The van der Waals surface area contributed by atoms with E-state index in [1.54, 1.807) is 36.0 Å². The van der Waals surface area contributed by atoms with Gasteiger partial charge in [0.2, 0.25) is 0 Å². The molecule has 2 heterocycles. The third kappa shape index (κ3) is 3.22. The minimum Gasteiger partial charge on any atom is -0.507 e. The fraction of sp³-hybridized carbons (Fsp3) is 0.143. The van der Waals surface area contributed by atoms with E-state index in [2.05, 4.69) is 18.2 Å². The zero-order valence-corrected chi connectivity index (χ0v) is 19.4. The summed E-state index contributed by atoms with van der Waals surface area (Å²) >= 11 is 1.35. The first kappa shape index (κ1) is 20.7. The van der Waals surface area contributed by atoms with Crippen molar-refractivity contribution in [1.29, 1.82) is 0 Å². The SMILES string of the molecule is COc1ccccc1[C@H]1C2=C(N=c3s/c(=C\c4ccccc4O)c(=O)n31)c1ccccc1CC2. The van der Waals surface area contributed by atoms with Crippen molar-refractivity contribution in [2.24, 2.45) is 4.99 Å². The molecule has 1 aliphatic heterocycles. The van der Waals surface area contributed by atoms with Gasteiger partial charge >= 0.3 is 0 Å². The summed E-state index contributed by atoms with van der Waals surface area (Å²) in [7, 11) is 1.66. The Hall–Kier alpha value is -3.90. The van der Waals surface area contributed by atoms with E-state index < -0.39 is 0 Å². The van der Waals surface area contributed by atoms with Gasteiger partial charge in [-0.1, -0.05) is 72.0 Å². The van der Waals surface area contributed by atoms with E-state index in [4.69, 9.17) is 9.73 Å². The van der Waals surface area contributed by atoms with E-state index in [0.717, 1.165) is 41.0 Å². The highest BCUT2D eigenvalue weighted by atomic mass is 32.1. The molecule has 5 nitrogen and oxygen atoms in total. The number of thiazole rings is 1.